The quantitative estimate of drug-likeness (QED) is 0.0583. The van der Waals surface area contributed by atoms with Crippen molar-refractivity contribution in [3.8, 4) is 0 Å². The molecule has 0 aromatic heterocycles. The second-order valence-corrected chi connectivity index (χ2v) is 13.9. The third kappa shape index (κ3) is 30.0. The van der Waals surface area contributed by atoms with Crippen LogP contribution >= 0.6 is 0 Å². The van der Waals surface area contributed by atoms with E-state index in [1.165, 1.54) is 141 Å². The molecule has 0 saturated carbocycles. The Morgan fingerprint density at radius 3 is 1.38 bits per heavy atom. The Morgan fingerprint density at radius 2 is 0.936 bits per heavy atom. The zero-order valence-corrected chi connectivity index (χ0v) is 31.0. The molecule has 47 heavy (non-hydrogen) atoms. The monoisotopic (exact) mass is 658 g/mol. The number of carbonyl (C=O) groups is 2. The number of hydrogen-bond acceptors (Lipinski definition) is 4. The zero-order chi connectivity index (χ0) is 33.9. The normalized spacial score (nSPS) is 11.9. The first-order valence-electron chi connectivity index (χ1n) is 20.2. The third-order valence-electron chi connectivity index (χ3n) is 9.23. The maximum Gasteiger partial charge on any atom is 0.305 e. The van der Waals surface area contributed by atoms with Gasteiger partial charge in [0.15, 0.2) is 0 Å². The van der Waals surface area contributed by atoms with Gasteiger partial charge < -0.3 is 14.8 Å². The predicted octanol–water partition coefficient (Wildman–Crippen LogP) is 12.2. The molecule has 0 bridgehead atoms. The largest absolute Gasteiger partial charge is 0.463 e. The van der Waals surface area contributed by atoms with Gasteiger partial charge in [-0.25, -0.2) is 0 Å². The smallest absolute Gasteiger partial charge is 0.305 e. The van der Waals surface area contributed by atoms with Crippen molar-refractivity contribution in [3.05, 3.63) is 35.9 Å². The Morgan fingerprint density at radius 1 is 0.532 bits per heavy atom. The highest BCUT2D eigenvalue weighted by molar-refractivity contribution is 5.76. The molecule has 0 aliphatic rings. The molecule has 1 aromatic carbocycles. The van der Waals surface area contributed by atoms with Crippen LogP contribution in [0.15, 0.2) is 30.3 Å². The van der Waals surface area contributed by atoms with E-state index in [0.29, 0.717) is 26.1 Å². The van der Waals surface area contributed by atoms with Gasteiger partial charge in [0.05, 0.1) is 19.3 Å². The molecule has 1 amide bonds. The first-order valence-corrected chi connectivity index (χ1v) is 20.2. The van der Waals surface area contributed by atoms with Crippen LogP contribution in [0, 0.1) is 0 Å². The van der Waals surface area contributed by atoms with Crippen LogP contribution in [-0.2, 0) is 25.7 Å². The predicted molar refractivity (Wildman–Crippen MR) is 200 cm³/mol. The summed E-state index contributed by atoms with van der Waals surface area (Å²) < 4.78 is 11.5. The summed E-state index contributed by atoms with van der Waals surface area (Å²) in [6, 6.07) is 9.69. The number of unbranched alkanes of at least 4 members (excludes halogenated alkanes) is 24. The lowest BCUT2D eigenvalue weighted by Gasteiger charge is -2.19. The number of esters is 1. The summed E-state index contributed by atoms with van der Waals surface area (Å²) in [5, 5.41) is 3.08. The molecule has 0 aliphatic heterocycles. The fourth-order valence-electron chi connectivity index (χ4n) is 6.18. The number of amides is 1. The van der Waals surface area contributed by atoms with E-state index in [1.54, 1.807) is 0 Å². The molecule has 272 valence electrons. The first-order chi connectivity index (χ1) is 23.2. The maximum atomic E-state index is 12.7. The van der Waals surface area contributed by atoms with Gasteiger partial charge in [0, 0.05) is 12.8 Å². The van der Waals surface area contributed by atoms with Crippen LogP contribution in [-0.4, -0.2) is 31.1 Å². The van der Waals surface area contributed by atoms with Gasteiger partial charge >= 0.3 is 5.97 Å². The summed E-state index contributed by atoms with van der Waals surface area (Å²) in [6.07, 6.45) is 34.4. The fraction of sp³-hybridized carbons (Fsp3) is 0.810. The molecular formula is C42H75NO4. The van der Waals surface area contributed by atoms with Gasteiger partial charge in [0.2, 0.25) is 5.91 Å². The van der Waals surface area contributed by atoms with E-state index < -0.39 is 0 Å². The molecule has 1 N–H and O–H groups in total. The number of ether oxygens (including phenoxy) is 2. The highest BCUT2D eigenvalue weighted by Gasteiger charge is 2.16. The van der Waals surface area contributed by atoms with Gasteiger partial charge in [0.1, 0.15) is 6.61 Å². The minimum Gasteiger partial charge on any atom is -0.463 e. The molecule has 5 nitrogen and oxygen atoms in total. The van der Waals surface area contributed by atoms with E-state index in [9.17, 15) is 9.59 Å². The molecule has 1 rings (SSSR count). The lowest BCUT2D eigenvalue weighted by Crippen LogP contribution is -2.42. The van der Waals surface area contributed by atoms with Crippen molar-refractivity contribution in [2.45, 2.75) is 206 Å². The summed E-state index contributed by atoms with van der Waals surface area (Å²) in [4.78, 5) is 25.2. The first kappa shape index (κ1) is 43.1. The Kier molecular flexibility index (Phi) is 31.2. The summed E-state index contributed by atoms with van der Waals surface area (Å²) in [6.45, 7) is 5.50. The zero-order valence-electron chi connectivity index (χ0n) is 31.0. The number of carbonyl (C=O) groups excluding carboxylic acids is 2. The third-order valence-corrected chi connectivity index (χ3v) is 9.23. The molecule has 1 aromatic rings. The number of benzene rings is 1. The number of nitrogens with one attached hydrogen (secondary N) is 1. The molecule has 0 radical (unpaired) electrons. The Bertz CT molecular complexity index is 814. The van der Waals surface area contributed by atoms with Crippen LogP contribution in [0.3, 0.4) is 0 Å². The Balaban J connectivity index is 2.17. The standard InChI is InChI=1S/C42H75NO4/c1-3-5-7-9-11-13-15-17-19-21-23-25-30-34-41(44)43-40(37-46-36-39-32-28-27-29-33-39)38-47-42(45)35-31-26-24-22-20-18-16-14-12-10-8-6-4-2/h27-29,32-33,40H,3-26,30-31,34-38H2,1-2H3,(H,43,44)/t40-/m1/s1. The van der Waals surface area contributed by atoms with Crippen molar-refractivity contribution in [2.24, 2.45) is 0 Å². The van der Waals surface area contributed by atoms with Crippen molar-refractivity contribution >= 4 is 11.9 Å². The van der Waals surface area contributed by atoms with E-state index >= 15 is 0 Å². The van der Waals surface area contributed by atoms with Crippen molar-refractivity contribution in [1.82, 2.24) is 5.32 Å². The second-order valence-electron chi connectivity index (χ2n) is 13.9. The lowest BCUT2D eigenvalue weighted by molar-refractivity contribution is -0.145. The molecule has 0 fully saturated rings. The molecule has 5 heteroatoms. The van der Waals surface area contributed by atoms with Crippen molar-refractivity contribution in [1.29, 1.82) is 0 Å². The van der Waals surface area contributed by atoms with E-state index in [0.717, 1.165) is 31.2 Å². The van der Waals surface area contributed by atoms with E-state index in [-0.39, 0.29) is 24.5 Å². The average molecular weight is 658 g/mol. The van der Waals surface area contributed by atoms with Crippen LogP contribution in [0.5, 0.6) is 0 Å². The minimum absolute atomic E-state index is 0.0222. The molecule has 0 spiro atoms. The number of hydrogen-bond donors (Lipinski definition) is 1. The summed E-state index contributed by atoms with van der Waals surface area (Å²) in [7, 11) is 0. The van der Waals surface area contributed by atoms with Gasteiger partial charge in [-0.05, 0) is 18.4 Å². The molecule has 1 atom stereocenters. The Labute approximate surface area is 291 Å². The van der Waals surface area contributed by atoms with Crippen LogP contribution in [0.25, 0.3) is 0 Å². The molecular weight excluding hydrogens is 582 g/mol. The lowest BCUT2D eigenvalue weighted by atomic mass is 10.0. The van der Waals surface area contributed by atoms with E-state index in [2.05, 4.69) is 19.2 Å². The van der Waals surface area contributed by atoms with Crippen LogP contribution in [0.1, 0.15) is 199 Å². The van der Waals surface area contributed by atoms with Crippen LogP contribution in [0.2, 0.25) is 0 Å². The van der Waals surface area contributed by atoms with Crippen molar-refractivity contribution in [2.75, 3.05) is 13.2 Å². The minimum atomic E-state index is -0.330. The van der Waals surface area contributed by atoms with Gasteiger partial charge in [0.25, 0.3) is 0 Å². The topological polar surface area (TPSA) is 64.6 Å². The Hall–Kier alpha value is -1.88. The average Bonchev–Trinajstić information content (AvgIpc) is 3.08. The highest BCUT2D eigenvalue weighted by atomic mass is 16.5. The van der Waals surface area contributed by atoms with Gasteiger partial charge in [-0.15, -0.1) is 0 Å². The summed E-state index contributed by atoms with van der Waals surface area (Å²) in [5.41, 5.74) is 1.09. The van der Waals surface area contributed by atoms with Gasteiger partial charge in [-0.2, -0.15) is 0 Å². The van der Waals surface area contributed by atoms with Crippen LogP contribution < -0.4 is 5.32 Å². The number of rotatable bonds is 35. The highest BCUT2D eigenvalue weighted by Crippen LogP contribution is 2.15. The van der Waals surface area contributed by atoms with Gasteiger partial charge in [-0.3, -0.25) is 9.59 Å². The molecule has 0 saturated heterocycles. The molecule has 0 aliphatic carbocycles. The SMILES string of the molecule is CCCCCCCCCCCCCCCC(=O)N[C@H](COCc1ccccc1)COC(=O)CCCCCCCCCCCCCCC. The summed E-state index contributed by atoms with van der Waals surface area (Å²) >= 11 is 0. The van der Waals surface area contributed by atoms with E-state index in [1.807, 2.05) is 30.3 Å². The second kappa shape index (κ2) is 34.0. The van der Waals surface area contributed by atoms with Crippen molar-refractivity contribution < 1.29 is 19.1 Å². The van der Waals surface area contributed by atoms with E-state index in [4.69, 9.17) is 9.47 Å². The van der Waals surface area contributed by atoms with Crippen LogP contribution in [0.4, 0.5) is 0 Å². The van der Waals surface area contributed by atoms with Gasteiger partial charge in [-0.1, -0.05) is 198 Å². The molecule has 0 heterocycles. The fourth-order valence-corrected chi connectivity index (χ4v) is 6.18. The van der Waals surface area contributed by atoms with Crippen molar-refractivity contribution in [3.63, 3.8) is 0 Å². The maximum absolute atomic E-state index is 12.7. The molecule has 0 unspecified atom stereocenters. The summed E-state index contributed by atoms with van der Waals surface area (Å²) in [5.74, 6) is -0.152.